The standard InChI is InChI=1S/C30H29F2N5O7S2/c1-15(24-10-17(14-45-24)26(33)36-29(41)42)35-28(40)23-11-18(46(2,43)44)13-37(23)25(38)12-34-27(39)16-7-8-22-20(9-16)19-5-3-4-6-21(19)30(22,31)32/h3-10,14-15,18,23H,11-13H2,1-2H3,(H2,33,36)(H,34,39)(H,35,40)(H,41,42)/t15-,18-,23+/m1/s1. The van der Waals surface area contributed by atoms with E-state index in [1.165, 1.54) is 59.2 Å². The van der Waals surface area contributed by atoms with Crippen LogP contribution in [0, 0.1) is 5.41 Å². The van der Waals surface area contributed by atoms with Gasteiger partial charge in [0.05, 0.1) is 17.8 Å². The molecule has 1 aliphatic carbocycles. The number of carboxylic acid groups (broad SMARTS) is 1. The monoisotopic (exact) mass is 673 g/mol. The number of thiophene rings is 1. The highest BCUT2D eigenvalue weighted by Crippen LogP contribution is 2.50. The van der Waals surface area contributed by atoms with Gasteiger partial charge < -0.3 is 20.6 Å². The summed E-state index contributed by atoms with van der Waals surface area (Å²) < 4.78 is 54.6. The summed E-state index contributed by atoms with van der Waals surface area (Å²) in [6.45, 7) is 0.791. The summed E-state index contributed by atoms with van der Waals surface area (Å²) in [5, 5.41) is 24.3. The number of likely N-dealkylation sites (tertiary alicyclic amines) is 1. The molecule has 0 unspecified atom stereocenters. The highest BCUT2D eigenvalue weighted by molar-refractivity contribution is 7.91. The van der Waals surface area contributed by atoms with E-state index < -0.39 is 63.5 Å². The third-order valence-electron chi connectivity index (χ3n) is 7.99. The van der Waals surface area contributed by atoms with Gasteiger partial charge in [-0.05, 0) is 42.7 Å². The van der Waals surface area contributed by atoms with Crippen LogP contribution in [0.3, 0.4) is 0 Å². The van der Waals surface area contributed by atoms with Gasteiger partial charge in [0.15, 0.2) is 9.84 Å². The van der Waals surface area contributed by atoms with Gasteiger partial charge >= 0.3 is 6.09 Å². The average Bonchev–Trinajstić information content (AvgIpc) is 3.72. The Balaban J connectivity index is 1.27. The van der Waals surface area contributed by atoms with Crippen molar-refractivity contribution in [2.45, 2.75) is 36.6 Å². The second-order valence-electron chi connectivity index (χ2n) is 11.1. The molecule has 16 heteroatoms. The normalized spacial score (nSPS) is 18.7. The first-order chi connectivity index (χ1) is 21.6. The predicted octanol–water partition coefficient (Wildman–Crippen LogP) is 3.08. The van der Waals surface area contributed by atoms with Crippen LogP contribution in [0.1, 0.15) is 51.3 Å². The average molecular weight is 674 g/mol. The molecule has 0 radical (unpaired) electrons. The lowest BCUT2D eigenvalue weighted by atomic mass is 10.0. The topological polar surface area (TPSA) is 186 Å². The van der Waals surface area contributed by atoms with Crippen LogP contribution in [0.15, 0.2) is 53.9 Å². The van der Waals surface area contributed by atoms with E-state index in [9.17, 15) is 36.4 Å². The molecule has 0 bridgehead atoms. The van der Waals surface area contributed by atoms with Gasteiger partial charge in [-0.2, -0.15) is 8.78 Å². The maximum Gasteiger partial charge on any atom is 0.410 e. The summed E-state index contributed by atoms with van der Waals surface area (Å²) in [6.07, 6.45) is -0.559. The van der Waals surface area contributed by atoms with E-state index in [1.54, 1.807) is 13.0 Å². The molecule has 46 heavy (non-hydrogen) atoms. The molecule has 3 aromatic rings. The predicted molar refractivity (Wildman–Crippen MR) is 165 cm³/mol. The van der Waals surface area contributed by atoms with Crippen molar-refractivity contribution in [1.29, 1.82) is 5.41 Å². The van der Waals surface area contributed by atoms with Crippen molar-refractivity contribution in [3.05, 3.63) is 81.0 Å². The van der Waals surface area contributed by atoms with Crippen LogP contribution in [0.25, 0.3) is 11.1 Å². The molecule has 1 aromatic heterocycles. The second kappa shape index (κ2) is 12.2. The third kappa shape index (κ3) is 6.35. The number of carbonyl (C=O) groups excluding carboxylic acids is 3. The van der Waals surface area contributed by atoms with E-state index in [-0.39, 0.29) is 46.6 Å². The first-order valence-electron chi connectivity index (χ1n) is 13.9. The Labute approximate surface area is 266 Å². The number of alkyl halides is 2. The van der Waals surface area contributed by atoms with Crippen molar-refractivity contribution >= 4 is 50.8 Å². The van der Waals surface area contributed by atoms with Crippen LogP contribution in [-0.4, -0.2) is 78.7 Å². The van der Waals surface area contributed by atoms with Crippen molar-refractivity contribution in [2.75, 3.05) is 19.3 Å². The molecule has 5 rings (SSSR count). The lowest BCUT2D eigenvalue weighted by molar-refractivity contribution is -0.137. The van der Waals surface area contributed by atoms with Gasteiger partial charge in [-0.1, -0.05) is 30.3 Å². The number of fused-ring (bicyclic) bond motifs is 3. The summed E-state index contributed by atoms with van der Waals surface area (Å²) in [4.78, 5) is 52.1. The molecule has 2 heterocycles. The number of amides is 4. The summed E-state index contributed by atoms with van der Waals surface area (Å²) >= 11 is 1.17. The van der Waals surface area contributed by atoms with Crippen molar-refractivity contribution in [2.24, 2.45) is 0 Å². The lowest BCUT2D eigenvalue weighted by Crippen LogP contribution is -2.49. The van der Waals surface area contributed by atoms with Crippen molar-refractivity contribution in [3.8, 4) is 11.1 Å². The second-order valence-corrected chi connectivity index (χ2v) is 14.4. The zero-order valence-electron chi connectivity index (χ0n) is 24.5. The van der Waals surface area contributed by atoms with Crippen LogP contribution in [0.2, 0.25) is 0 Å². The molecule has 1 saturated heterocycles. The van der Waals surface area contributed by atoms with Gasteiger partial charge in [0.1, 0.15) is 11.9 Å². The fourth-order valence-electron chi connectivity index (χ4n) is 5.58. The number of benzene rings is 2. The van der Waals surface area contributed by atoms with E-state index >= 15 is 0 Å². The van der Waals surface area contributed by atoms with Gasteiger partial charge in [-0.3, -0.25) is 25.1 Å². The number of nitrogens with zero attached hydrogens (tertiary/aromatic N) is 1. The molecule has 0 saturated carbocycles. The molecular weight excluding hydrogens is 644 g/mol. The highest BCUT2D eigenvalue weighted by Gasteiger charge is 2.45. The number of halogens is 2. The first-order valence-corrected chi connectivity index (χ1v) is 16.8. The lowest BCUT2D eigenvalue weighted by Gasteiger charge is -2.25. The summed E-state index contributed by atoms with van der Waals surface area (Å²) in [7, 11) is -3.65. The summed E-state index contributed by atoms with van der Waals surface area (Å²) in [6, 6.07) is 9.45. The fourth-order valence-corrected chi connectivity index (χ4v) is 7.45. The van der Waals surface area contributed by atoms with Gasteiger partial charge in [0.25, 0.3) is 11.8 Å². The molecule has 4 amide bonds. The summed E-state index contributed by atoms with van der Waals surface area (Å²) in [5.41, 5.74) is 0.431. The number of hydrogen-bond acceptors (Lipinski definition) is 8. The van der Waals surface area contributed by atoms with Crippen molar-refractivity contribution < 1.29 is 41.5 Å². The zero-order chi connectivity index (χ0) is 33.6. The molecule has 2 aromatic carbocycles. The molecule has 3 atom stereocenters. The van der Waals surface area contributed by atoms with Crippen LogP contribution in [-0.2, 0) is 25.3 Å². The molecule has 5 N–H and O–H groups in total. The van der Waals surface area contributed by atoms with Crippen LogP contribution < -0.4 is 16.0 Å². The molecule has 242 valence electrons. The Morgan fingerprint density at radius 1 is 1.09 bits per heavy atom. The number of nitrogens with one attached hydrogen (secondary N) is 4. The maximum absolute atomic E-state index is 14.9. The van der Waals surface area contributed by atoms with Gasteiger partial charge in [0.2, 0.25) is 11.8 Å². The minimum atomic E-state index is -3.65. The van der Waals surface area contributed by atoms with Crippen molar-refractivity contribution in [1.82, 2.24) is 20.9 Å². The minimum Gasteiger partial charge on any atom is -0.465 e. The number of hydrogen-bond donors (Lipinski definition) is 5. The zero-order valence-corrected chi connectivity index (χ0v) is 26.1. The first kappa shape index (κ1) is 32.7. The van der Waals surface area contributed by atoms with Gasteiger partial charge in [-0.25, -0.2) is 13.2 Å². The molecular formula is C30H29F2N5O7S2. The number of carbonyl (C=O) groups is 4. The molecule has 12 nitrogen and oxygen atoms in total. The Morgan fingerprint density at radius 2 is 1.78 bits per heavy atom. The maximum atomic E-state index is 14.9. The van der Waals surface area contributed by atoms with Gasteiger partial charge in [-0.15, -0.1) is 11.3 Å². The van der Waals surface area contributed by atoms with E-state index in [1.807, 2.05) is 5.32 Å². The SMILES string of the molecule is C[C@@H](NC(=O)[C@@H]1C[C@@H](S(C)(=O)=O)CN1C(=O)CNC(=O)c1ccc2c(c1)-c1ccccc1C2(F)F)c1cc(C(=N)NC(=O)O)cs1. The Kier molecular flexibility index (Phi) is 8.70. The highest BCUT2D eigenvalue weighted by atomic mass is 32.2. The number of amidine groups is 1. The molecule has 1 fully saturated rings. The van der Waals surface area contributed by atoms with Crippen LogP contribution >= 0.6 is 11.3 Å². The Hall–Kier alpha value is -4.70. The largest absolute Gasteiger partial charge is 0.465 e. The minimum absolute atomic E-state index is 0.0413. The molecule has 1 aliphatic heterocycles. The molecule has 0 spiro atoms. The van der Waals surface area contributed by atoms with E-state index in [0.29, 0.717) is 10.4 Å². The van der Waals surface area contributed by atoms with E-state index in [0.717, 1.165) is 11.2 Å². The number of rotatable bonds is 8. The smallest absolute Gasteiger partial charge is 0.410 e. The van der Waals surface area contributed by atoms with Crippen LogP contribution in [0.4, 0.5) is 13.6 Å². The van der Waals surface area contributed by atoms with Gasteiger partial charge in [0, 0.05) is 45.3 Å². The number of sulfone groups is 1. The Bertz CT molecular complexity index is 1880. The Morgan fingerprint density at radius 3 is 2.48 bits per heavy atom. The van der Waals surface area contributed by atoms with E-state index in [4.69, 9.17) is 10.5 Å². The van der Waals surface area contributed by atoms with Crippen molar-refractivity contribution in [3.63, 3.8) is 0 Å². The van der Waals surface area contributed by atoms with Crippen LogP contribution in [0.5, 0.6) is 0 Å². The third-order valence-corrected chi connectivity index (χ3v) is 10.7. The quantitative estimate of drug-likeness (QED) is 0.180. The van der Waals surface area contributed by atoms with E-state index in [2.05, 4.69) is 10.6 Å². The fraction of sp³-hybridized carbons (Fsp3) is 0.300. The summed E-state index contributed by atoms with van der Waals surface area (Å²) in [5.74, 6) is -5.62. The molecule has 2 aliphatic rings.